The monoisotopic (exact) mass is 335 g/mol. The van der Waals surface area contributed by atoms with Gasteiger partial charge in [0.15, 0.2) is 5.11 Å². The van der Waals surface area contributed by atoms with E-state index < -0.39 is 0 Å². The maximum atomic E-state index is 11.7. The van der Waals surface area contributed by atoms with Crippen LogP contribution in [0.3, 0.4) is 0 Å². The fourth-order valence-corrected chi connectivity index (χ4v) is 2.37. The molecule has 2 rings (SSSR count). The van der Waals surface area contributed by atoms with Crippen molar-refractivity contribution < 1.29 is 9.53 Å². The number of pyridine rings is 1. The van der Waals surface area contributed by atoms with Crippen molar-refractivity contribution in [2.24, 2.45) is 5.10 Å². The zero-order chi connectivity index (χ0) is 16.7. The summed E-state index contributed by atoms with van der Waals surface area (Å²) >= 11 is 5.35. The number of nitrogens with zero attached hydrogens (tertiary/aromatic N) is 4. The minimum Gasteiger partial charge on any atom is -0.450 e. The summed E-state index contributed by atoms with van der Waals surface area (Å²) < 4.78 is 5.00. The van der Waals surface area contributed by atoms with Crippen LogP contribution in [0.2, 0.25) is 0 Å². The summed E-state index contributed by atoms with van der Waals surface area (Å²) in [6.45, 7) is 6.55. The van der Waals surface area contributed by atoms with Crippen molar-refractivity contribution in [2.75, 3.05) is 32.8 Å². The first kappa shape index (κ1) is 17.1. The van der Waals surface area contributed by atoms with Crippen LogP contribution < -0.4 is 5.43 Å². The van der Waals surface area contributed by atoms with Gasteiger partial charge in [0.25, 0.3) is 0 Å². The highest BCUT2D eigenvalue weighted by Gasteiger charge is 2.23. The van der Waals surface area contributed by atoms with E-state index in [1.165, 1.54) is 0 Å². The number of piperazine rings is 1. The summed E-state index contributed by atoms with van der Waals surface area (Å²) in [5.74, 6) is 0. The quantitative estimate of drug-likeness (QED) is 0.512. The van der Waals surface area contributed by atoms with Gasteiger partial charge < -0.3 is 14.5 Å². The summed E-state index contributed by atoms with van der Waals surface area (Å²) in [7, 11) is 0. The van der Waals surface area contributed by atoms with Gasteiger partial charge in [-0.25, -0.2) is 4.79 Å². The average Bonchev–Trinajstić information content (AvgIpc) is 2.60. The van der Waals surface area contributed by atoms with Crippen LogP contribution >= 0.6 is 12.2 Å². The zero-order valence-electron chi connectivity index (χ0n) is 13.4. The minimum atomic E-state index is -0.268. The normalized spacial score (nSPS) is 15.3. The van der Waals surface area contributed by atoms with Gasteiger partial charge >= 0.3 is 6.09 Å². The Labute approximate surface area is 141 Å². The first-order valence-electron chi connectivity index (χ1n) is 7.54. The summed E-state index contributed by atoms with van der Waals surface area (Å²) in [4.78, 5) is 19.6. The lowest BCUT2D eigenvalue weighted by atomic mass is 10.3. The van der Waals surface area contributed by atoms with Gasteiger partial charge in [-0.1, -0.05) is 6.07 Å². The molecule has 1 aliphatic rings. The predicted octanol–water partition coefficient (Wildman–Crippen LogP) is 1.45. The largest absolute Gasteiger partial charge is 0.450 e. The molecule has 0 bridgehead atoms. The highest BCUT2D eigenvalue weighted by molar-refractivity contribution is 7.80. The number of carbonyl (C=O) groups is 1. The third kappa shape index (κ3) is 4.88. The lowest BCUT2D eigenvalue weighted by Crippen LogP contribution is -2.52. The van der Waals surface area contributed by atoms with Gasteiger partial charge in [0.1, 0.15) is 0 Å². The smallest absolute Gasteiger partial charge is 0.409 e. The molecule has 1 aromatic heterocycles. The van der Waals surface area contributed by atoms with Crippen molar-refractivity contribution in [3.05, 3.63) is 30.1 Å². The van der Waals surface area contributed by atoms with Crippen molar-refractivity contribution in [1.82, 2.24) is 20.2 Å². The average molecular weight is 335 g/mol. The van der Waals surface area contributed by atoms with E-state index in [1.807, 2.05) is 30.0 Å². The molecule has 0 radical (unpaired) electrons. The summed E-state index contributed by atoms with van der Waals surface area (Å²) in [5, 5.41) is 4.81. The van der Waals surface area contributed by atoms with Crippen LogP contribution in [0.5, 0.6) is 0 Å². The predicted molar refractivity (Wildman–Crippen MR) is 92.3 cm³/mol. The van der Waals surface area contributed by atoms with E-state index in [1.54, 1.807) is 18.0 Å². The topological polar surface area (TPSA) is 70.1 Å². The van der Waals surface area contributed by atoms with Gasteiger partial charge in [-0.2, -0.15) is 5.10 Å². The Bertz CT molecular complexity index is 570. The molecule has 2 heterocycles. The van der Waals surface area contributed by atoms with E-state index in [9.17, 15) is 4.79 Å². The number of amides is 1. The molecule has 1 aliphatic heterocycles. The number of hydrogen-bond donors (Lipinski definition) is 1. The number of aromatic nitrogens is 1. The number of thiocarbonyl (C=S) groups is 1. The van der Waals surface area contributed by atoms with Crippen LogP contribution in [0.15, 0.2) is 29.5 Å². The van der Waals surface area contributed by atoms with Crippen LogP contribution in [0, 0.1) is 0 Å². The Kier molecular flexibility index (Phi) is 6.28. The standard InChI is InChI=1S/C15H21N5O2S/c1-3-22-15(21)20-10-8-19(9-11-20)14(23)18-17-12(2)13-6-4-5-7-16-13/h4-7H,3,8-11H2,1-2H3,(H,18,23). The van der Waals surface area contributed by atoms with Crippen molar-refractivity contribution in [1.29, 1.82) is 0 Å². The van der Waals surface area contributed by atoms with E-state index in [0.717, 1.165) is 11.4 Å². The Morgan fingerprint density at radius 3 is 2.65 bits per heavy atom. The van der Waals surface area contributed by atoms with Gasteiger partial charge in [-0.15, -0.1) is 0 Å². The van der Waals surface area contributed by atoms with Crippen LogP contribution in [0.25, 0.3) is 0 Å². The van der Waals surface area contributed by atoms with Crippen LogP contribution in [0.4, 0.5) is 4.79 Å². The summed E-state index contributed by atoms with van der Waals surface area (Å²) in [6, 6.07) is 5.66. The number of carbonyl (C=O) groups excluding carboxylic acids is 1. The number of rotatable bonds is 3. The number of hydrogen-bond acceptors (Lipinski definition) is 5. The Balaban J connectivity index is 1.82. The Hall–Kier alpha value is -2.22. The molecule has 23 heavy (non-hydrogen) atoms. The number of nitrogens with one attached hydrogen (secondary N) is 1. The summed E-state index contributed by atoms with van der Waals surface area (Å²) in [6.07, 6.45) is 1.46. The van der Waals surface area contributed by atoms with Crippen molar-refractivity contribution in [3.63, 3.8) is 0 Å². The zero-order valence-corrected chi connectivity index (χ0v) is 14.2. The SMILES string of the molecule is CCOC(=O)N1CCN(C(=S)NN=C(C)c2ccccn2)CC1. The fourth-order valence-electron chi connectivity index (χ4n) is 2.14. The van der Waals surface area contributed by atoms with E-state index >= 15 is 0 Å². The Morgan fingerprint density at radius 1 is 1.35 bits per heavy atom. The van der Waals surface area contributed by atoms with Gasteiger partial charge in [0.05, 0.1) is 18.0 Å². The first-order valence-corrected chi connectivity index (χ1v) is 7.95. The van der Waals surface area contributed by atoms with Crippen molar-refractivity contribution in [3.8, 4) is 0 Å². The molecule has 7 nitrogen and oxygen atoms in total. The molecule has 0 unspecified atom stereocenters. The van der Waals surface area contributed by atoms with Crippen LogP contribution in [0.1, 0.15) is 19.5 Å². The summed E-state index contributed by atoms with van der Waals surface area (Å²) in [5.41, 5.74) is 4.45. The molecule has 1 amide bonds. The van der Waals surface area contributed by atoms with E-state index in [2.05, 4.69) is 15.5 Å². The second kappa shape index (κ2) is 8.42. The second-order valence-corrected chi connectivity index (χ2v) is 5.39. The van der Waals surface area contributed by atoms with Crippen molar-refractivity contribution >= 4 is 29.1 Å². The van der Waals surface area contributed by atoms with E-state index in [0.29, 0.717) is 37.9 Å². The van der Waals surface area contributed by atoms with Gasteiger partial charge in [-0.3, -0.25) is 10.4 Å². The molecule has 8 heteroatoms. The van der Waals surface area contributed by atoms with E-state index in [4.69, 9.17) is 17.0 Å². The minimum absolute atomic E-state index is 0.268. The van der Waals surface area contributed by atoms with Gasteiger partial charge in [-0.05, 0) is 38.2 Å². The number of hydrazone groups is 1. The molecular weight excluding hydrogens is 314 g/mol. The maximum Gasteiger partial charge on any atom is 0.409 e. The fraction of sp³-hybridized carbons (Fsp3) is 0.467. The highest BCUT2D eigenvalue weighted by atomic mass is 32.1. The van der Waals surface area contributed by atoms with Gasteiger partial charge in [0, 0.05) is 32.4 Å². The van der Waals surface area contributed by atoms with Crippen LogP contribution in [-0.2, 0) is 4.74 Å². The molecule has 0 aliphatic carbocycles. The molecule has 1 saturated heterocycles. The van der Waals surface area contributed by atoms with Crippen molar-refractivity contribution in [2.45, 2.75) is 13.8 Å². The molecule has 0 aromatic carbocycles. The van der Waals surface area contributed by atoms with Crippen LogP contribution in [-0.4, -0.2) is 64.5 Å². The lowest BCUT2D eigenvalue weighted by Gasteiger charge is -2.34. The molecular formula is C15H21N5O2S. The molecule has 124 valence electrons. The lowest BCUT2D eigenvalue weighted by molar-refractivity contribution is 0.0919. The third-order valence-corrected chi connectivity index (χ3v) is 3.80. The second-order valence-electron chi connectivity index (χ2n) is 5.00. The van der Waals surface area contributed by atoms with Gasteiger partial charge in [0.2, 0.25) is 0 Å². The molecule has 0 saturated carbocycles. The van der Waals surface area contributed by atoms with E-state index in [-0.39, 0.29) is 6.09 Å². The first-order chi connectivity index (χ1) is 11.1. The molecule has 1 N–H and O–H groups in total. The highest BCUT2D eigenvalue weighted by Crippen LogP contribution is 2.04. The molecule has 0 spiro atoms. The molecule has 1 fully saturated rings. The molecule has 1 aromatic rings. The third-order valence-electron chi connectivity index (χ3n) is 3.45. The molecule has 0 atom stereocenters. The Morgan fingerprint density at radius 2 is 2.04 bits per heavy atom. The maximum absolute atomic E-state index is 11.7. The number of ether oxygens (including phenoxy) is 1.